The molecule has 0 unspecified atom stereocenters. The van der Waals surface area contributed by atoms with E-state index >= 15 is 0 Å². The average Bonchev–Trinajstić information content (AvgIpc) is 2.26. The Bertz CT molecular complexity index is 516. The molecule has 8 heteroatoms. The van der Waals surface area contributed by atoms with Crippen molar-refractivity contribution in [1.82, 2.24) is 14.6 Å². The van der Waals surface area contributed by atoms with E-state index in [2.05, 4.69) is 4.98 Å². The van der Waals surface area contributed by atoms with Crippen molar-refractivity contribution in [2.75, 3.05) is 20.6 Å². The van der Waals surface area contributed by atoms with Gasteiger partial charge in [-0.3, -0.25) is 4.79 Å². The van der Waals surface area contributed by atoms with Crippen molar-refractivity contribution in [3.05, 3.63) is 24.1 Å². The second kappa shape index (κ2) is 5.19. The summed E-state index contributed by atoms with van der Waals surface area (Å²) in [5.74, 6) is -1.40. The first-order chi connectivity index (χ1) is 7.84. The van der Waals surface area contributed by atoms with Crippen LogP contribution >= 0.6 is 0 Å². The maximum atomic E-state index is 13.2. The summed E-state index contributed by atoms with van der Waals surface area (Å²) in [5, 5.41) is -0.716. The lowest BCUT2D eigenvalue weighted by molar-refractivity contribution is -0.127. The summed E-state index contributed by atoms with van der Waals surface area (Å²) in [6.07, 6.45) is 1.16. The summed E-state index contributed by atoms with van der Waals surface area (Å²) in [6.45, 7) is -0.439. The minimum absolute atomic E-state index is 0.439. The van der Waals surface area contributed by atoms with Crippen LogP contribution in [-0.2, 0) is 14.8 Å². The maximum absolute atomic E-state index is 13.2. The van der Waals surface area contributed by atoms with Crippen LogP contribution in [0.15, 0.2) is 23.4 Å². The Morgan fingerprint density at radius 2 is 2.18 bits per heavy atom. The molecule has 0 fully saturated rings. The summed E-state index contributed by atoms with van der Waals surface area (Å²) >= 11 is 0. The molecule has 0 bridgehead atoms. The highest BCUT2D eigenvalue weighted by Gasteiger charge is 2.21. The Labute approximate surface area is 98.5 Å². The molecule has 1 N–H and O–H groups in total. The number of carbonyl (C=O) groups is 1. The zero-order valence-corrected chi connectivity index (χ0v) is 10.2. The second-order valence-electron chi connectivity index (χ2n) is 3.40. The number of nitrogens with zero attached hydrogens (tertiary/aromatic N) is 2. The third-order valence-corrected chi connectivity index (χ3v) is 3.23. The number of nitrogens with one attached hydrogen (secondary N) is 1. The first kappa shape index (κ1) is 13.5. The average molecular weight is 261 g/mol. The number of pyridine rings is 1. The van der Waals surface area contributed by atoms with E-state index in [1.807, 2.05) is 4.72 Å². The van der Waals surface area contributed by atoms with Crippen molar-refractivity contribution in [3.63, 3.8) is 0 Å². The van der Waals surface area contributed by atoms with Crippen LogP contribution in [0.2, 0.25) is 0 Å². The van der Waals surface area contributed by atoms with Gasteiger partial charge in [0.1, 0.15) is 0 Å². The SMILES string of the molecule is CN(C)C(=O)CNS(=O)(=O)c1ncccc1F. The van der Waals surface area contributed by atoms with Crippen molar-refractivity contribution in [2.24, 2.45) is 0 Å². The van der Waals surface area contributed by atoms with Crippen LogP contribution < -0.4 is 4.72 Å². The third-order valence-electron chi connectivity index (χ3n) is 1.89. The molecule has 0 radical (unpaired) electrons. The van der Waals surface area contributed by atoms with Gasteiger partial charge >= 0.3 is 0 Å². The van der Waals surface area contributed by atoms with E-state index in [1.165, 1.54) is 25.1 Å². The molecule has 1 aromatic heterocycles. The summed E-state index contributed by atoms with van der Waals surface area (Å²) in [4.78, 5) is 15.8. The van der Waals surface area contributed by atoms with E-state index in [4.69, 9.17) is 0 Å². The maximum Gasteiger partial charge on any atom is 0.261 e. The highest BCUT2D eigenvalue weighted by molar-refractivity contribution is 7.89. The van der Waals surface area contributed by atoms with Gasteiger partial charge in [-0.2, -0.15) is 0 Å². The van der Waals surface area contributed by atoms with E-state index in [0.29, 0.717) is 0 Å². The number of sulfonamides is 1. The second-order valence-corrected chi connectivity index (χ2v) is 5.09. The fourth-order valence-electron chi connectivity index (χ4n) is 0.952. The van der Waals surface area contributed by atoms with E-state index in [0.717, 1.165) is 12.3 Å². The van der Waals surface area contributed by atoms with Crippen LogP contribution in [0.25, 0.3) is 0 Å². The smallest absolute Gasteiger partial charge is 0.261 e. The normalized spacial score (nSPS) is 11.2. The highest BCUT2D eigenvalue weighted by Crippen LogP contribution is 2.09. The largest absolute Gasteiger partial charge is 0.348 e. The van der Waals surface area contributed by atoms with Gasteiger partial charge in [0.2, 0.25) is 10.9 Å². The fraction of sp³-hybridized carbons (Fsp3) is 0.333. The number of likely N-dealkylation sites (N-methyl/N-ethyl adjacent to an activating group) is 1. The van der Waals surface area contributed by atoms with Crippen LogP contribution in [0.3, 0.4) is 0 Å². The van der Waals surface area contributed by atoms with Crippen LogP contribution in [0.5, 0.6) is 0 Å². The van der Waals surface area contributed by atoms with Crippen LogP contribution in [0, 0.1) is 5.82 Å². The standard InChI is InChI=1S/C9H12FN3O3S/c1-13(2)8(14)6-12-17(15,16)9-7(10)4-3-5-11-9/h3-5,12H,6H2,1-2H3. The molecule has 1 rings (SSSR count). The molecular formula is C9H12FN3O3S. The van der Waals surface area contributed by atoms with Crippen molar-refractivity contribution in [3.8, 4) is 0 Å². The molecule has 0 aliphatic heterocycles. The number of hydrogen-bond acceptors (Lipinski definition) is 4. The Hall–Kier alpha value is -1.54. The molecule has 0 spiro atoms. The molecule has 1 amide bonds. The molecule has 0 aliphatic rings. The summed E-state index contributed by atoms with van der Waals surface area (Å²) in [7, 11) is -1.13. The van der Waals surface area contributed by atoms with E-state index in [1.54, 1.807) is 0 Å². The minimum atomic E-state index is -4.10. The molecule has 1 heterocycles. The van der Waals surface area contributed by atoms with Gasteiger partial charge in [0.15, 0.2) is 5.82 Å². The molecule has 0 aromatic carbocycles. The molecular weight excluding hydrogens is 249 g/mol. The summed E-state index contributed by atoms with van der Waals surface area (Å²) < 4.78 is 38.4. The monoisotopic (exact) mass is 261 g/mol. The van der Waals surface area contributed by atoms with Gasteiger partial charge in [0, 0.05) is 20.3 Å². The van der Waals surface area contributed by atoms with E-state index in [9.17, 15) is 17.6 Å². The first-order valence-corrected chi connectivity index (χ1v) is 6.13. The number of aromatic nitrogens is 1. The Morgan fingerprint density at radius 3 is 2.71 bits per heavy atom. The van der Waals surface area contributed by atoms with Gasteiger partial charge in [0.25, 0.3) is 10.0 Å². The lowest BCUT2D eigenvalue weighted by Crippen LogP contribution is -2.36. The molecule has 17 heavy (non-hydrogen) atoms. The van der Waals surface area contributed by atoms with Crippen LogP contribution in [0.1, 0.15) is 0 Å². The van der Waals surface area contributed by atoms with Crippen LogP contribution in [-0.4, -0.2) is 44.8 Å². The molecule has 6 nitrogen and oxygen atoms in total. The zero-order valence-electron chi connectivity index (χ0n) is 9.34. The van der Waals surface area contributed by atoms with E-state index < -0.39 is 33.3 Å². The fourth-order valence-corrected chi connectivity index (χ4v) is 1.93. The minimum Gasteiger partial charge on any atom is -0.348 e. The molecule has 0 saturated heterocycles. The lowest BCUT2D eigenvalue weighted by atomic mass is 10.5. The van der Waals surface area contributed by atoms with Crippen molar-refractivity contribution >= 4 is 15.9 Å². The Balaban J connectivity index is 2.84. The Kier molecular flexibility index (Phi) is 4.13. The van der Waals surface area contributed by atoms with Crippen molar-refractivity contribution in [1.29, 1.82) is 0 Å². The molecule has 94 valence electrons. The topological polar surface area (TPSA) is 79.4 Å². The summed E-state index contributed by atoms with van der Waals surface area (Å²) in [6, 6.07) is 2.26. The molecule has 0 saturated carbocycles. The number of amides is 1. The molecule has 1 aromatic rings. The number of carbonyl (C=O) groups excluding carboxylic acids is 1. The van der Waals surface area contributed by atoms with Crippen LogP contribution in [0.4, 0.5) is 4.39 Å². The highest BCUT2D eigenvalue weighted by atomic mass is 32.2. The van der Waals surface area contributed by atoms with Gasteiger partial charge < -0.3 is 4.90 Å². The third kappa shape index (κ3) is 3.46. The quantitative estimate of drug-likeness (QED) is 0.799. The van der Waals surface area contributed by atoms with Gasteiger partial charge in [-0.15, -0.1) is 0 Å². The zero-order chi connectivity index (χ0) is 13.1. The molecule has 0 atom stereocenters. The van der Waals surface area contributed by atoms with Crippen molar-refractivity contribution in [2.45, 2.75) is 5.03 Å². The number of halogens is 1. The first-order valence-electron chi connectivity index (χ1n) is 4.65. The predicted octanol–water partition coefficient (Wildman–Crippen LogP) is -0.413. The molecule has 0 aliphatic carbocycles. The number of hydrogen-bond donors (Lipinski definition) is 1. The van der Waals surface area contributed by atoms with Gasteiger partial charge in [-0.1, -0.05) is 0 Å². The number of rotatable bonds is 4. The summed E-state index contributed by atoms with van der Waals surface area (Å²) in [5.41, 5.74) is 0. The predicted molar refractivity (Wildman–Crippen MR) is 58.1 cm³/mol. The lowest BCUT2D eigenvalue weighted by Gasteiger charge is -2.11. The Morgan fingerprint density at radius 1 is 1.53 bits per heavy atom. The van der Waals surface area contributed by atoms with Gasteiger partial charge in [-0.25, -0.2) is 22.5 Å². The van der Waals surface area contributed by atoms with Gasteiger partial charge in [0.05, 0.1) is 6.54 Å². The van der Waals surface area contributed by atoms with Gasteiger partial charge in [-0.05, 0) is 12.1 Å². The van der Waals surface area contributed by atoms with E-state index in [-0.39, 0.29) is 0 Å². The van der Waals surface area contributed by atoms with Crippen molar-refractivity contribution < 1.29 is 17.6 Å².